The lowest BCUT2D eigenvalue weighted by Gasteiger charge is -2.17. The first-order chi connectivity index (χ1) is 17.8. The van der Waals surface area contributed by atoms with E-state index in [4.69, 9.17) is 4.74 Å². The van der Waals surface area contributed by atoms with E-state index in [1.54, 1.807) is 43.5 Å². The summed E-state index contributed by atoms with van der Waals surface area (Å²) >= 11 is 2.12. The fourth-order valence-electron chi connectivity index (χ4n) is 3.69. The molecule has 1 aliphatic heterocycles. The molecule has 11 nitrogen and oxygen atoms in total. The highest BCUT2D eigenvalue weighted by molar-refractivity contribution is 7.22. The Bertz CT molecular complexity index is 1580. The van der Waals surface area contributed by atoms with Crippen LogP contribution in [-0.4, -0.2) is 41.0 Å². The van der Waals surface area contributed by atoms with Crippen LogP contribution in [0.15, 0.2) is 59.7 Å². The number of hydrazone groups is 1. The third-order valence-corrected chi connectivity index (χ3v) is 7.42. The summed E-state index contributed by atoms with van der Waals surface area (Å²) in [6.45, 7) is 0. The number of ether oxygens (including phenoxy) is 1. The van der Waals surface area contributed by atoms with Crippen LogP contribution in [0.5, 0.6) is 5.75 Å². The van der Waals surface area contributed by atoms with Gasteiger partial charge in [0, 0.05) is 24.5 Å². The van der Waals surface area contributed by atoms with Crippen LogP contribution >= 0.6 is 22.7 Å². The molecular formula is C24H17N5O6S2. The monoisotopic (exact) mass is 535 g/mol. The first-order valence-corrected chi connectivity index (χ1v) is 12.5. The Labute approximate surface area is 217 Å². The predicted octanol–water partition coefficient (Wildman–Crippen LogP) is 4.61. The number of rotatable bonds is 7. The zero-order valence-electron chi connectivity index (χ0n) is 19.2. The molecule has 0 N–H and O–H groups in total. The molecule has 4 aromatic rings. The van der Waals surface area contributed by atoms with E-state index in [9.17, 15) is 24.5 Å². The minimum Gasteiger partial charge on any atom is -0.497 e. The van der Waals surface area contributed by atoms with Gasteiger partial charge in [-0.3, -0.25) is 29.4 Å². The lowest BCUT2D eigenvalue weighted by atomic mass is 10.1. The maximum Gasteiger partial charge on any atom is 0.324 e. The number of nitro groups is 1. The van der Waals surface area contributed by atoms with Crippen LogP contribution in [0.25, 0.3) is 10.2 Å². The normalized spacial score (nSPS) is 13.6. The third-order valence-electron chi connectivity index (χ3n) is 5.45. The number of hydrogen-bond acceptors (Lipinski definition) is 10. The van der Waals surface area contributed by atoms with Crippen molar-refractivity contribution in [3.05, 3.63) is 75.2 Å². The molecule has 3 heterocycles. The molecule has 37 heavy (non-hydrogen) atoms. The Hall–Kier alpha value is -4.49. The van der Waals surface area contributed by atoms with Crippen molar-refractivity contribution in [3.8, 4) is 5.75 Å². The number of thiazole rings is 1. The van der Waals surface area contributed by atoms with E-state index in [-0.39, 0.29) is 40.4 Å². The van der Waals surface area contributed by atoms with Gasteiger partial charge in [-0.25, -0.2) is 4.98 Å². The molecule has 1 aliphatic rings. The Morgan fingerprint density at radius 3 is 2.62 bits per heavy atom. The Balaban J connectivity index is 1.54. The van der Waals surface area contributed by atoms with E-state index < -0.39 is 10.8 Å². The number of anilines is 2. The zero-order chi connectivity index (χ0) is 26.1. The molecule has 186 valence electrons. The Morgan fingerprint density at radius 1 is 1.14 bits per heavy atom. The van der Waals surface area contributed by atoms with Crippen LogP contribution < -0.4 is 14.6 Å². The number of methoxy groups -OCH3 is 1. The average molecular weight is 536 g/mol. The van der Waals surface area contributed by atoms with Gasteiger partial charge in [-0.2, -0.15) is 10.1 Å². The van der Waals surface area contributed by atoms with Gasteiger partial charge < -0.3 is 4.74 Å². The number of imide groups is 1. The van der Waals surface area contributed by atoms with Gasteiger partial charge in [0.2, 0.25) is 16.9 Å². The number of benzene rings is 2. The average Bonchev–Trinajstić information content (AvgIpc) is 3.62. The molecule has 0 saturated carbocycles. The second-order valence-corrected chi connectivity index (χ2v) is 9.90. The maximum atomic E-state index is 13.7. The molecule has 0 unspecified atom stereocenters. The van der Waals surface area contributed by atoms with Crippen LogP contribution in [0.2, 0.25) is 0 Å². The van der Waals surface area contributed by atoms with Crippen LogP contribution in [0.1, 0.15) is 28.1 Å². The quantitative estimate of drug-likeness (QED) is 0.146. The van der Waals surface area contributed by atoms with E-state index in [1.165, 1.54) is 35.8 Å². The van der Waals surface area contributed by atoms with E-state index in [2.05, 4.69) is 10.1 Å². The topological polar surface area (TPSA) is 135 Å². The van der Waals surface area contributed by atoms with Gasteiger partial charge in [-0.1, -0.05) is 28.7 Å². The molecular weight excluding hydrogens is 518 g/mol. The van der Waals surface area contributed by atoms with Gasteiger partial charge in [-0.15, -0.1) is 0 Å². The van der Waals surface area contributed by atoms with E-state index >= 15 is 0 Å². The molecule has 5 rings (SSSR count). The Morgan fingerprint density at radius 2 is 1.92 bits per heavy atom. The number of thiophene rings is 1. The second kappa shape index (κ2) is 9.87. The fourth-order valence-corrected chi connectivity index (χ4v) is 5.33. The number of carbonyl (C=O) groups excluding carboxylic acids is 3. The molecule has 2 aromatic carbocycles. The zero-order valence-corrected chi connectivity index (χ0v) is 20.8. The van der Waals surface area contributed by atoms with Crippen molar-refractivity contribution in [2.75, 3.05) is 17.0 Å². The molecule has 13 heteroatoms. The number of nitrogens with zero attached hydrogens (tertiary/aromatic N) is 5. The van der Waals surface area contributed by atoms with Gasteiger partial charge in [0.15, 0.2) is 0 Å². The predicted molar refractivity (Wildman–Crippen MR) is 140 cm³/mol. The third kappa shape index (κ3) is 4.81. The highest BCUT2D eigenvalue weighted by Gasteiger charge is 2.31. The van der Waals surface area contributed by atoms with E-state index in [0.29, 0.717) is 21.8 Å². The minimum atomic E-state index is -0.561. The largest absolute Gasteiger partial charge is 0.497 e. The van der Waals surface area contributed by atoms with Crippen molar-refractivity contribution in [1.82, 2.24) is 4.98 Å². The number of carbonyl (C=O) groups is 3. The number of amides is 3. The number of aromatic nitrogens is 1. The first kappa shape index (κ1) is 24.2. The summed E-state index contributed by atoms with van der Waals surface area (Å²) in [6.07, 6.45) is 1.59. The van der Waals surface area contributed by atoms with Crippen LogP contribution in [0, 0.1) is 10.1 Å². The van der Waals surface area contributed by atoms with Gasteiger partial charge in [0.25, 0.3) is 5.91 Å². The summed E-state index contributed by atoms with van der Waals surface area (Å²) in [6, 6.07) is 14.4. The molecule has 0 spiro atoms. The molecule has 1 fully saturated rings. The van der Waals surface area contributed by atoms with Crippen LogP contribution in [-0.2, 0) is 9.59 Å². The van der Waals surface area contributed by atoms with Crippen molar-refractivity contribution in [1.29, 1.82) is 0 Å². The van der Waals surface area contributed by atoms with Crippen molar-refractivity contribution < 1.29 is 24.0 Å². The fraction of sp³-hybridized carbons (Fsp3) is 0.125. The van der Waals surface area contributed by atoms with Crippen molar-refractivity contribution in [3.63, 3.8) is 0 Å². The summed E-state index contributed by atoms with van der Waals surface area (Å²) in [5.74, 6) is -0.593. The SMILES string of the molecule is COc1ccc2nc(N(/N=C/c3ccc([N+](=O)[O-])s3)C(=O)c3cccc(N4C(=O)CCC4=O)c3)sc2c1. The van der Waals surface area contributed by atoms with Crippen LogP contribution in [0.3, 0.4) is 0 Å². The lowest BCUT2D eigenvalue weighted by molar-refractivity contribution is -0.380. The van der Waals surface area contributed by atoms with Crippen molar-refractivity contribution in [2.45, 2.75) is 12.8 Å². The molecule has 0 bridgehead atoms. The summed E-state index contributed by atoms with van der Waals surface area (Å²) in [5, 5.41) is 16.7. The number of fused-ring (bicyclic) bond motifs is 1. The second-order valence-electron chi connectivity index (χ2n) is 7.80. The molecule has 0 radical (unpaired) electrons. The molecule has 1 saturated heterocycles. The Kier molecular flexibility index (Phi) is 6.46. The summed E-state index contributed by atoms with van der Waals surface area (Å²) in [5.41, 5.74) is 1.10. The number of hydrogen-bond donors (Lipinski definition) is 0. The standard InChI is InChI=1S/C24H17N5O6S2/c1-35-16-5-7-18-19(12-16)37-24(26-18)28(25-13-17-6-10-22(36-17)29(33)34)23(32)14-3-2-4-15(11-14)27-20(30)8-9-21(27)31/h2-7,10-13H,8-9H2,1H3/b25-13+. The van der Waals surface area contributed by atoms with E-state index in [1.807, 2.05) is 0 Å². The highest BCUT2D eigenvalue weighted by atomic mass is 32.1. The van der Waals surface area contributed by atoms with Crippen molar-refractivity contribution >= 4 is 72.6 Å². The van der Waals surface area contributed by atoms with Gasteiger partial charge in [-0.05, 0) is 42.5 Å². The highest BCUT2D eigenvalue weighted by Crippen LogP contribution is 2.33. The van der Waals surface area contributed by atoms with E-state index in [0.717, 1.165) is 25.9 Å². The molecule has 3 amide bonds. The molecule has 0 aliphatic carbocycles. The summed E-state index contributed by atoms with van der Waals surface area (Å²) in [7, 11) is 1.55. The van der Waals surface area contributed by atoms with Gasteiger partial charge in [0.1, 0.15) is 5.75 Å². The molecule has 0 atom stereocenters. The van der Waals surface area contributed by atoms with Gasteiger partial charge in [0.05, 0.1) is 39.0 Å². The van der Waals surface area contributed by atoms with Gasteiger partial charge >= 0.3 is 5.00 Å². The lowest BCUT2D eigenvalue weighted by Crippen LogP contribution is -2.29. The summed E-state index contributed by atoms with van der Waals surface area (Å²) in [4.78, 5) is 54.7. The van der Waals surface area contributed by atoms with Crippen molar-refractivity contribution in [2.24, 2.45) is 5.10 Å². The smallest absolute Gasteiger partial charge is 0.324 e. The van der Waals surface area contributed by atoms with Crippen LogP contribution in [0.4, 0.5) is 15.8 Å². The minimum absolute atomic E-state index is 0.0564. The summed E-state index contributed by atoms with van der Waals surface area (Å²) < 4.78 is 6.03. The molecule has 2 aromatic heterocycles. The maximum absolute atomic E-state index is 13.7. The first-order valence-electron chi connectivity index (χ1n) is 10.9.